The van der Waals surface area contributed by atoms with Crippen molar-refractivity contribution in [1.29, 1.82) is 0 Å². The Bertz CT molecular complexity index is 7380. The standard InChI is InChI=1S/C27H21N3O2.C26H23N3O2.C25H22N4O2.C19H15N3.C18H17N3/c1-18-9-15-23(16-10-18)32-27(31)29-24-17-19(2)25(21-11-13-22(28-3)14-12-21)30-26(24)20-7-5-4-6-8-20;1-17-9-11-22(12-10-17)31-26(30)28-23-15-18(2)24(21-13-14-27-19(3)16-21)29-25(23)20-7-5-4-6-8-20;1-16-9-11-21(12-10-16)31-25(30)28-22-13-17(2)23(20-14-26-18(3)27-15-20)29-24(22)19-7-5-4-6-8-19;1-13-12-17(20)19(14-6-4-3-5-7-14)22-18(13)15-8-10-16(21-2)11-9-15;1-12-10-16(19)18(14-6-4-3-5-7-14)21-17(12)15-8-9-20-13(2)11-15/h4-17H,1-2H3,(H,29,31);4-16H,1-3H3,(H,28,30);4-15H,1-3H3,(H,28,30);3-12H,20H2,1H3;3-11H,19H2,1-2H3. The molecule has 0 fully saturated rings. The van der Waals surface area contributed by atoms with Gasteiger partial charge in [0, 0.05) is 80.7 Å². The number of aromatic nitrogens is 9. The summed E-state index contributed by atoms with van der Waals surface area (Å²) in [4.78, 5) is 86.0. The first-order valence-electron chi connectivity index (χ1n) is 44.0. The van der Waals surface area contributed by atoms with Gasteiger partial charge >= 0.3 is 18.3 Å². The van der Waals surface area contributed by atoms with E-state index in [2.05, 4.69) is 45.6 Å². The van der Waals surface area contributed by atoms with Gasteiger partial charge in [0.05, 0.1) is 98.5 Å². The van der Waals surface area contributed by atoms with E-state index in [4.69, 9.17) is 63.7 Å². The number of benzene rings is 10. The minimum atomic E-state index is -0.582. The number of nitrogens with zero attached hydrogens (tertiary/aromatic N) is 11. The molecule has 674 valence electrons. The van der Waals surface area contributed by atoms with Crippen LogP contribution < -0.4 is 41.6 Å². The number of carbonyl (C=O) groups is 3. The number of carbonyl (C=O) groups excluding carboxylic acids is 3. The molecule has 0 saturated heterocycles. The third-order valence-corrected chi connectivity index (χ3v) is 21.7. The Kier molecular flexibility index (Phi) is 31.2. The Morgan fingerprint density at radius 1 is 0.263 bits per heavy atom. The van der Waals surface area contributed by atoms with E-state index in [1.807, 2.05) is 361 Å². The summed E-state index contributed by atoms with van der Waals surface area (Å²) in [5.41, 5.74) is 43.8. The van der Waals surface area contributed by atoms with Crippen molar-refractivity contribution in [3.05, 3.63) is 437 Å². The molecule has 0 saturated carbocycles. The summed E-state index contributed by atoms with van der Waals surface area (Å²) in [6.45, 7) is 35.8. The number of rotatable bonds is 16. The van der Waals surface area contributed by atoms with Gasteiger partial charge < -0.3 is 25.7 Å². The average Bonchev–Trinajstić information content (AvgIpc) is 0.767. The Morgan fingerprint density at radius 2 is 0.511 bits per heavy atom. The van der Waals surface area contributed by atoms with E-state index in [0.717, 1.165) is 151 Å². The molecule has 0 unspecified atom stereocenters. The topological polar surface area (TPSA) is 292 Å². The zero-order chi connectivity index (χ0) is 96.4. The number of hydrogen-bond donors (Lipinski definition) is 5. The quantitative estimate of drug-likeness (QED) is 0.0562. The summed E-state index contributed by atoms with van der Waals surface area (Å²) in [6.07, 6.45) is 5.38. The Hall–Kier alpha value is -18.3. The molecule has 22 heteroatoms. The van der Waals surface area contributed by atoms with E-state index in [9.17, 15) is 14.4 Å². The third-order valence-electron chi connectivity index (χ3n) is 21.7. The minimum Gasteiger partial charge on any atom is -0.410 e. The summed E-state index contributed by atoms with van der Waals surface area (Å²) >= 11 is 0. The van der Waals surface area contributed by atoms with E-state index in [1.165, 1.54) is 0 Å². The van der Waals surface area contributed by atoms with E-state index in [-0.39, 0.29) is 0 Å². The van der Waals surface area contributed by atoms with Gasteiger partial charge in [-0.25, -0.2) is 59.0 Å². The number of aryl methyl sites for hydroxylation is 11. The lowest BCUT2D eigenvalue weighted by molar-refractivity contribution is 0.214. The number of anilines is 5. The number of nitrogens with two attached hydrogens (primary N) is 2. The largest absolute Gasteiger partial charge is 0.417 e. The van der Waals surface area contributed by atoms with Crippen molar-refractivity contribution >= 4 is 58.1 Å². The molecule has 0 aliphatic carbocycles. The Morgan fingerprint density at radius 3 is 0.788 bits per heavy atom. The number of ether oxygens (including phenoxy) is 3. The molecule has 0 bridgehead atoms. The van der Waals surface area contributed by atoms with Crippen LogP contribution in [0.15, 0.2) is 352 Å². The minimum absolute atomic E-state index is 0.468. The van der Waals surface area contributed by atoms with E-state index in [0.29, 0.717) is 80.0 Å². The van der Waals surface area contributed by atoms with Crippen molar-refractivity contribution in [2.24, 2.45) is 0 Å². The summed E-state index contributed by atoms with van der Waals surface area (Å²) in [6, 6.07) is 103. The summed E-state index contributed by atoms with van der Waals surface area (Å²) < 4.78 is 16.3. The van der Waals surface area contributed by atoms with Gasteiger partial charge in [0.15, 0.2) is 11.4 Å². The Balaban J connectivity index is 0.000000138. The van der Waals surface area contributed by atoms with Crippen LogP contribution in [0.1, 0.15) is 61.7 Å². The van der Waals surface area contributed by atoms with Crippen molar-refractivity contribution < 1.29 is 28.6 Å². The van der Waals surface area contributed by atoms with Crippen molar-refractivity contribution in [1.82, 2.24) is 44.9 Å². The molecular formula is C115H98N16O6. The van der Waals surface area contributed by atoms with Gasteiger partial charge in [-0.05, 0) is 206 Å². The van der Waals surface area contributed by atoms with Crippen LogP contribution in [0.4, 0.5) is 54.2 Å². The lowest BCUT2D eigenvalue weighted by atomic mass is 10.0. The lowest BCUT2D eigenvalue weighted by Crippen LogP contribution is -2.18. The number of pyridine rings is 7. The SMILES string of the molecule is Cc1cc(-c2nc(-c3ccccc3)c(N)cc2C)ccn1.Cc1ccc(OC(=O)Nc2cc(C)c(-c3ccnc(C)c3)nc2-c2ccccc2)cc1.Cc1ccc(OC(=O)Nc2cc(C)c(-c3cnc(C)nc3)nc2-c2ccccc2)cc1.[C-]#[N+]c1ccc(-c2nc(-c3ccccc3)c(N)cc2C)cc1.[C-]#[N+]c1ccc(-c2nc(-c3ccccc3)c(NC(=O)Oc3ccc(C)cc3)cc2C)cc1. The second-order valence-corrected chi connectivity index (χ2v) is 32.4. The van der Waals surface area contributed by atoms with Gasteiger partial charge in [0.2, 0.25) is 0 Å². The summed E-state index contributed by atoms with van der Waals surface area (Å²) in [5, 5.41) is 8.56. The predicted molar refractivity (Wildman–Crippen MR) is 548 cm³/mol. The normalized spacial score (nSPS) is 10.4. The van der Waals surface area contributed by atoms with Gasteiger partial charge in [0.1, 0.15) is 23.1 Å². The molecule has 137 heavy (non-hydrogen) atoms. The second-order valence-electron chi connectivity index (χ2n) is 32.4. The molecule has 8 aromatic heterocycles. The molecule has 18 rings (SSSR count). The molecule has 7 N–H and O–H groups in total. The number of amides is 3. The monoisotopic (exact) mass is 1800 g/mol. The van der Waals surface area contributed by atoms with Crippen LogP contribution in [0.2, 0.25) is 0 Å². The van der Waals surface area contributed by atoms with Crippen LogP contribution >= 0.6 is 0 Å². The van der Waals surface area contributed by atoms with Crippen molar-refractivity contribution in [2.45, 2.75) is 76.2 Å². The molecular weight excluding hydrogens is 1700 g/mol. The first-order valence-corrected chi connectivity index (χ1v) is 44.0. The number of hydrogen-bond acceptors (Lipinski definition) is 17. The number of nitrogens with one attached hydrogen (secondary N) is 3. The second kappa shape index (κ2) is 45.0. The average molecular weight is 1800 g/mol. The van der Waals surface area contributed by atoms with Crippen LogP contribution in [0.5, 0.6) is 17.2 Å². The fraction of sp³-hybridized carbons (Fsp3) is 0.0957. The highest BCUT2D eigenvalue weighted by molar-refractivity contribution is 5.96. The fourth-order valence-electron chi connectivity index (χ4n) is 14.8. The summed E-state index contributed by atoms with van der Waals surface area (Å²) in [5.74, 6) is 2.12. The van der Waals surface area contributed by atoms with Crippen molar-refractivity contribution in [3.63, 3.8) is 0 Å². The van der Waals surface area contributed by atoms with Crippen LogP contribution in [0, 0.1) is 89.3 Å². The van der Waals surface area contributed by atoms with Gasteiger partial charge in [0.25, 0.3) is 0 Å². The first kappa shape index (κ1) is 94.8. The maximum atomic E-state index is 12.6. The lowest BCUT2D eigenvalue weighted by Gasteiger charge is -2.15. The van der Waals surface area contributed by atoms with E-state index in [1.54, 1.807) is 67.1 Å². The maximum absolute atomic E-state index is 12.6. The molecule has 8 heterocycles. The van der Waals surface area contributed by atoms with Gasteiger partial charge in [-0.1, -0.05) is 253 Å². The molecule has 10 aromatic carbocycles. The van der Waals surface area contributed by atoms with Crippen molar-refractivity contribution in [3.8, 4) is 130 Å². The molecule has 0 aliphatic heterocycles. The zero-order valence-electron chi connectivity index (χ0n) is 77.5. The zero-order valence-corrected chi connectivity index (χ0v) is 77.5. The smallest absolute Gasteiger partial charge is 0.410 e. The van der Waals surface area contributed by atoms with Crippen LogP contribution in [-0.2, 0) is 0 Å². The summed E-state index contributed by atoms with van der Waals surface area (Å²) in [7, 11) is 0. The third kappa shape index (κ3) is 25.3. The predicted octanol–water partition coefficient (Wildman–Crippen LogP) is 28.1. The molecule has 0 aliphatic rings. The fourth-order valence-corrected chi connectivity index (χ4v) is 14.8. The van der Waals surface area contributed by atoms with Crippen LogP contribution in [0.25, 0.3) is 122 Å². The maximum Gasteiger partial charge on any atom is 0.417 e. The highest BCUT2D eigenvalue weighted by Crippen LogP contribution is 2.39. The van der Waals surface area contributed by atoms with Gasteiger partial charge in [-0.3, -0.25) is 25.9 Å². The van der Waals surface area contributed by atoms with Gasteiger partial charge in [-0.2, -0.15) is 0 Å². The highest BCUT2D eigenvalue weighted by Gasteiger charge is 2.23. The molecule has 0 atom stereocenters. The van der Waals surface area contributed by atoms with E-state index < -0.39 is 18.3 Å². The van der Waals surface area contributed by atoms with Crippen molar-refractivity contribution in [2.75, 3.05) is 27.4 Å². The Labute approximate surface area is 797 Å². The number of nitrogen functional groups attached to an aromatic ring is 2. The molecule has 0 spiro atoms. The molecule has 22 nitrogen and oxygen atoms in total. The molecule has 18 aromatic rings. The van der Waals surface area contributed by atoms with Gasteiger partial charge in [-0.15, -0.1) is 0 Å². The van der Waals surface area contributed by atoms with Crippen LogP contribution in [0.3, 0.4) is 0 Å². The first-order chi connectivity index (χ1) is 66.3. The van der Waals surface area contributed by atoms with E-state index >= 15 is 0 Å². The van der Waals surface area contributed by atoms with Crippen LogP contribution in [-0.4, -0.2) is 63.1 Å². The molecule has 3 amide bonds. The molecule has 0 radical (unpaired) electrons. The highest BCUT2D eigenvalue weighted by atomic mass is 16.6.